The fraction of sp³-hybridized carbons (Fsp3) is 0.500. The number of aryl methyl sites for hydroxylation is 1. The number of rotatable bonds is 6. The Labute approximate surface area is 108 Å². The zero-order valence-electron chi connectivity index (χ0n) is 11.3. The molecule has 0 unspecified atom stereocenters. The van der Waals surface area contributed by atoms with Gasteiger partial charge in [0, 0.05) is 19.6 Å². The van der Waals surface area contributed by atoms with Crippen molar-refractivity contribution in [3.05, 3.63) is 35.1 Å². The number of carbonyl (C=O) groups excluding carboxylic acids is 1. The molecule has 18 heavy (non-hydrogen) atoms. The van der Waals surface area contributed by atoms with E-state index in [1.807, 2.05) is 20.8 Å². The highest BCUT2D eigenvalue weighted by molar-refractivity contribution is 5.78. The molecule has 0 bridgehead atoms. The third-order valence-electron chi connectivity index (χ3n) is 3.01. The second kappa shape index (κ2) is 7.11. The minimum Gasteiger partial charge on any atom is -0.342 e. The van der Waals surface area contributed by atoms with Crippen LogP contribution >= 0.6 is 0 Å². The van der Waals surface area contributed by atoms with Crippen LogP contribution in [0.1, 0.15) is 25.0 Å². The van der Waals surface area contributed by atoms with Crippen molar-refractivity contribution in [2.24, 2.45) is 0 Å². The molecule has 0 heterocycles. The molecule has 0 saturated carbocycles. The first-order valence-corrected chi connectivity index (χ1v) is 6.32. The number of benzene rings is 1. The monoisotopic (exact) mass is 252 g/mol. The Morgan fingerprint density at radius 1 is 1.33 bits per heavy atom. The molecule has 0 aliphatic carbocycles. The van der Waals surface area contributed by atoms with E-state index in [1.54, 1.807) is 11.0 Å². The fourth-order valence-electron chi connectivity index (χ4n) is 1.85. The summed E-state index contributed by atoms with van der Waals surface area (Å²) in [6.07, 6.45) is 0. The van der Waals surface area contributed by atoms with Gasteiger partial charge in [-0.3, -0.25) is 4.79 Å². The highest BCUT2D eigenvalue weighted by Gasteiger charge is 2.08. The molecular weight excluding hydrogens is 231 g/mol. The molecule has 0 spiro atoms. The van der Waals surface area contributed by atoms with E-state index in [1.165, 1.54) is 12.1 Å². The molecule has 1 rings (SSSR count). The first-order chi connectivity index (χ1) is 8.58. The molecule has 0 aromatic heterocycles. The lowest BCUT2D eigenvalue weighted by molar-refractivity contribution is -0.129. The Kier molecular flexibility index (Phi) is 5.78. The molecule has 0 saturated heterocycles. The Balaban J connectivity index is 2.44. The van der Waals surface area contributed by atoms with Gasteiger partial charge in [-0.1, -0.05) is 6.07 Å². The molecule has 0 aliphatic heterocycles. The number of halogens is 1. The van der Waals surface area contributed by atoms with Crippen molar-refractivity contribution in [2.75, 3.05) is 19.6 Å². The number of nitrogens with zero attached hydrogens (tertiary/aromatic N) is 1. The molecule has 1 aromatic carbocycles. The predicted molar refractivity (Wildman–Crippen MR) is 70.8 cm³/mol. The van der Waals surface area contributed by atoms with Crippen LogP contribution in [-0.2, 0) is 11.3 Å². The molecular formula is C14H21FN2O. The van der Waals surface area contributed by atoms with Gasteiger partial charge in [0.1, 0.15) is 5.82 Å². The number of hydrogen-bond acceptors (Lipinski definition) is 2. The summed E-state index contributed by atoms with van der Waals surface area (Å²) in [5, 5.41) is 3.10. The lowest BCUT2D eigenvalue weighted by Crippen LogP contribution is -2.37. The minimum absolute atomic E-state index is 0.0970. The van der Waals surface area contributed by atoms with Gasteiger partial charge in [0.2, 0.25) is 5.91 Å². The Morgan fingerprint density at radius 3 is 2.56 bits per heavy atom. The highest BCUT2D eigenvalue weighted by Crippen LogP contribution is 2.09. The molecule has 4 heteroatoms. The van der Waals surface area contributed by atoms with Crippen LogP contribution in [0.3, 0.4) is 0 Å². The van der Waals surface area contributed by atoms with Crippen LogP contribution in [-0.4, -0.2) is 30.4 Å². The van der Waals surface area contributed by atoms with Crippen LogP contribution in [0.15, 0.2) is 18.2 Å². The number of carbonyl (C=O) groups is 1. The largest absolute Gasteiger partial charge is 0.342 e. The van der Waals surface area contributed by atoms with E-state index in [0.29, 0.717) is 13.1 Å². The third-order valence-corrected chi connectivity index (χ3v) is 3.01. The van der Waals surface area contributed by atoms with Gasteiger partial charge in [0.15, 0.2) is 0 Å². The maximum atomic E-state index is 12.9. The highest BCUT2D eigenvalue weighted by atomic mass is 19.1. The van der Waals surface area contributed by atoms with Crippen molar-refractivity contribution in [1.82, 2.24) is 10.2 Å². The summed E-state index contributed by atoms with van der Waals surface area (Å²) in [7, 11) is 0. The second-order valence-electron chi connectivity index (χ2n) is 4.24. The minimum atomic E-state index is -0.226. The summed E-state index contributed by atoms with van der Waals surface area (Å²) in [6.45, 7) is 8.15. The van der Waals surface area contributed by atoms with Crippen LogP contribution < -0.4 is 5.32 Å². The molecule has 1 N–H and O–H groups in total. The zero-order chi connectivity index (χ0) is 13.5. The van der Waals surface area contributed by atoms with Gasteiger partial charge >= 0.3 is 0 Å². The summed E-state index contributed by atoms with van der Waals surface area (Å²) >= 11 is 0. The van der Waals surface area contributed by atoms with Crippen molar-refractivity contribution in [1.29, 1.82) is 0 Å². The second-order valence-corrected chi connectivity index (χ2v) is 4.24. The van der Waals surface area contributed by atoms with E-state index in [2.05, 4.69) is 5.32 Å². The van der Waals surface area contributed by atoms with Gasteiger partial charge in [-0.15, -0.1) is 0 Å². The maximum absolute atomic E-state index is 12.9. The molecule has 0 aliphatic rings. The maximum Gasteiger partial charge on any atom is 0.236 e. The normalized spacial score (nSPS) is 10.4. The molecule has 0 fully saturated rings. The Hall–Kier alpha value is -1.42. The van der Waals surface area contributed by atoms with Crippen LogP contribution in [0.5, 0.6) is 0 Å². The van der Waals surface area contributed by atoms with Gasteiger partial charge in [0.25, 0.3) is 0 Å². The number of likely N-dealkylation sites (N-methyl/N-ethyl adjacent to an activating group) is 1. The summed E-state index contributed by atoms with van der Waals surface area (Å²) in [6, 6.07) is 4.69. The summed E-state index contributed by atoms with van der Waals surface area (Å²) in [5.41, 5.74) is 1.92. The summed E-state index contributed by atoms with van der Waals surface area (Å²) in [4.78, 5) is 13.5. The average Bonchev–Trinajstić information content (AvgIpc) is 2.33. The van der Waals surface area contributed by atoms with Crippen molar-refractivity contribution in [3.8, 4) is 0 Å². The number of nitrogens with one attached hydrogen (secondary N) is 1. The topological polar surface area (TPSA) is 32.3 Å². The molecule has 0 atom stereocenters. The van der Waals surface area contributed by atoms with Gasteiger partial charge in [0.05, 0.1) is 6.54 Å². The van der Waals surface area contributed by atoms with Crippen LogP contribution in [0.4, 0.5) is 4.39 Å². The van der Waals surface area contributed by atoms with Gasteiger partial charge in [-0.05, 0) is 44.0 Å². The van der Waals surface area contributed by atoms with Gasteiger partial charge in [-0.25, -0.2) is 4.39 Å². The SMILES string of the molecule is CCN(CC)C(=O)CNCc1ccc(F)cc1C. The fourth-order valence-corrected chi connectivity index (χ4v) is 1.85. The first kappa shape index (κ1) is 14.6. The molecule has 0 radical (unpaired) electrons. The predicted octanol–water partition coefficient (Wildman–Crippen LogP) is 2.09. The smallest absolute Gasteiger partial charge is 0.236 e. The quantitative estimate of drug-likeness (QED) is 0.841. The molecule has 1 aromatic rings. The lowest BCUT2D eigenvalue weighted by Gasteiger charge is -2.19. The van der Waals surface area contributed by atoms with E-state index in [4.69, 9.17) is 0 Å². The van der Waals surface area contributed by atoms with E-state index in [0.717, 1.165) is 24.2 Å². The Morgan fingerprint density at radius 2 is 2.00 bits per heavy atom. The Bertz CT molecular complexity index is 403. The van der Waals surface area contributed by atoms with Crippen LogP contribution in [0.2, 0.25) is 0 Å². The molecule has 3 nitrogen and oxygen atoms in total. The number of amides is 1. The first-order valence-electron chi connectivity index (χ1n) is 6.32. The van der Waals surface area contributed by atoms with Crippen molar-refractivity contribution in [3.63, 3.8) is 0 Å². The van der Waals surface area contributed by atoms with E-state index >= 15 is 0 Å². The summed E-state index contributed by atoms with van der Waals surface area (Å²) < 4.78 is 12.9. The van der Waals surface area contributed by atoms with Crippen LogP contribution in [0.25, 0.3) is 0 Å². The van der Waals surface area contributed by atoms with Crippen molar-refractivity contribution >= 4 is 5.91 Å². The van der Waals surface area contributed by atoms with Crippen LogP contribution in [0, 0.1) is 12.7 Å². The van der Waals surface area contributed by atoms with Crippen molar-refractivity contribution < 1.29 is 9.18 Å². The standard InChI is InChI=1S/C14H21FN2O/c1-4-17(5-2)14(18)10-16-9-12-6-7-13(15)8-11(12)3/h6-8,16H,4-5,9-10H2,1-3H3. The van der Waals surface area contributed by atoms with Crippen molar-refractivity contribution in [2.45, 2.75) is 27.3 Å². The average molecular weight is 252 g/mol. The molecule has 100 valence electrons. The zero-order valence-corrected chi connectivity index (χ0v) is 11.3. The van der Waals surface area contributed by atoms with Gasteiger partial charge < -0.3 is 10.2 Å². The molecule has 1 amide bonds. The third kappa shape index (κ3) is 4.11. The van der Waals surface area contributed by atoms with E-state index in [-0.39, 0.29) is 11.7 Å². The summed E-state index contributed by atoms with van der Waals surface area (Å²) in [5.74, 6) is -0.129. The van der Waals surface area contributed by atoms with E-state index < -0.39 is 0 Å². The van der Waals surface area contributed by atoms with E-state index in [9.17, 15) is 9.18 Å². The lowest BCUT2D eigenvalue weighted by atomic mass is 10.1. The number of hydrogen-bond donors (Lipinski definition) is 1. The van der Waals surface area contributed by atoms with Gasteiger partial charge in [-0.2, -0.15) is 0 Å².